The molecule has 1 N–H and O–H groups in total. The van der Waals surface area contributed by atoms with E-state index in [1.54, 1.807) is 26.0 Å². The van der Waals surface area contributed by atoms with E-state index in [2.05, 4.69) is 24.4 Å². The fourth-order valence-corrected chi connectivity index (χ4v) is 3.77. The van der Waals surface area contributed by atoms with Gasteiger partial charge in [0.2, 0.25) is 11.8 Å². The molecule has 2 aliphatic carbocycles. The minimum absolute atomic E-state index is 0.00532. The Kier molecular flexibility index (Phi) is 3.70. The van der Waals surface area contributed by atoms with Crippen LogP contribution < -0.4 is 5.32 Å². The molecule has 106 valence electrons. The highest BCUT2D eigenvalue weighted by Gasteiger charge is 2.53. The summed E-state index contributed by atoms with van der Waals surface area (Å²) in [4.78, 5) is 25.9. The first-order valence-electron chi connectivity index (χ1n) is 7.02. The van der Waals surface area contributed by atoms with Crippen molar-refractivity contribution in [3.63, 3.8) is 0 Å². The molecule has 0 aromatic rings. The van der Waals surface area contributed by atoms with Crippen molar-refractivity contribution >= 4 is 11.8 Å². The Morgan fingerprint density at radius 1 is 1.47 bits per heavy atom. The van der Waals surface area contributed by atoms with Crippen molar-refractivity contribution in [1.29, 1.82) is 0 Å². The van der Waals surface area contributed by atoms with E-state index in [1.807, 2.05) is 0 Å². The van der Waals surface area contributed by atoms with Crippen LogP contribution in [-0.4, -0.2) is 37.9 Å². The predicted molar refractivity (Wildman–Crippen MR) is 74.3 cm³/mol. The number of rotatable bonds is 4. The number of hydrogen-bond donors (Lipinski definition) is 1. The lowest BCUT2D eigenvalue weighted by Crippen LogP contribution is -2.43. The number of nitrogens with zero attached hydrogens (tertiary/aromatic N) is 1. The number of allylic oxidation sites excluding steroid dienone is 2. The first-order valence-corrected chi connectivity index (χ1v) is 7.02. The standard InChI is InChI=1S/C15H24N2O2/c1-10-7-11-5-6-15(10,9-11)12(14(19)16-2)8-13(18)17(3)4/h5-6,10-12H,7-9H2,1-4H3,(H,16,19). The second-order valence-electron chi connectivity index (χ2n) is 6.23. The zero-order chi connectivity index (χ0) is 14.2. The number of hydrogen-bond acceptors (Lipinski definition) is 2. The van der Waals surface area contributed by atoms with Crippen molar-refractivity contribution in [2.45, 2.75) is 26.2 Å². The monoisotopic (exact) mass is 264 g/mol. The Morgan fingerprint density at radius 2 is 2.16 bits per heavy atom. The van der Waals surface area contributed by atoms with E-state index in [0.717, 1.165) is 12.8 Å². The van der Waals surface area contributed by atoms with Crippen molar-refractivity contribution in [2.75, 3.05) is 21.1 Å². The summed E-state index contributed by atoms with van der Waals surface area (Å²) in [5.41, 5.74) is -0.115. The van der Waals surface area contributed by atoms with Crippen LogP contribution in [-0.2, 0) is 9.59 Å². The van der Waals surface area contributed by atoms with Gasteiger partial charge in [0.25, 0.3) is 0 Å². The highest BCUT2D eigenvalue weighted by molar-refractivity contribution is 5.86. The molecule has 0 aromatic heterocycles. The van der Waals surface area contributed by atoms with Gasteiger partial charge in [-0.25, -0.2) is 0 Å². The van der Waals surface area contributed by atoms with Crippen molar-refractivity contribution in [3.8, 4) is 0 Å². The molecule has 0 heterocycles. The quantitative estimate of drug-likeness (QED) is 0.781. The molecule has 4 unspecified atom stereocenters. The molecular formula is C15H24N2O2. The van der Waals surface area contributed by atoms with Gasteiger partial charge < -0.3 is 10.2 Å². The molecule has 0 spiro atoms. The lowest BCUT2D eigenvalue weighted by Gasteiger charge is -2.37. The van der Waals surface area contributed by atoms with E-state index in [0.29, 0.717) is 18.3 Å². The van der Waals surface area contributed by atoms with Crippen LogP contribution in [0.2, 0.25) is 0 Å². The van der Waals surface area contributed by atoms with Gasteiger partial charge in [0, 0.05) is 33.0 Å². The zero-order valence-corrected chi connectivity index (χ0v) is 12.3. The highest BCUT2D eigenvalue weighted by Crippen LogP contribution is 2.58. The van der Waals surface area contributed by atoms with Crippen molar-refractivity contribution < 1.29 is 9.59 Å². The van der Waals surface area contributed by atoms with Gasteiger partial charge in [-0.15, -0.1) is 0 Å². The molecule has 2 rings (SSSR count). The number of fused-ring (bicyclic) bond motifs is 2. The highest BCUT2D eigenvalue weighted by atomic mass is 16.2. The summed E-state index contributed by atoms with van der Waals surface area (Å²) < 4.78 is 0. The first kappa shape index (κ1) is 14.1. The Morgan fingerprint density at radius 3 is 2.58 bits per heavy atom. The minimum Gasteiger partial charge on any atom is -0.359 e. The topological polar surface area (TPSA) is 49.4 Å². The van der Waals surface area contributed by atoms with Crippen LogP contribution >= 0.6 is 0 Å². The number of nitrogens with one attached hydrogen (secondary N) is 1. The predicted octanol–water partition coefficient (Wildman–Crippen LogP) is 1.43. The Hall–Kier alpha value is -1.32. The summed E-state index contributed by atoms with van der Waals surface area (Å²) in [6.07, 6.45) is 6.89. The summed E-state index contributed by atoms with van der Waals surface area (Å²) in [7, 11) is 5.14. The maximum Gasteiger partial charge on any atom is 0.224 e. The second-order valence-corrected chi connectivity index (χ2v) is 6.23. The Labute approximate surface area is 115 Å². The third-order valence-corrected chi connectivity index (χ3v) is 4.96. The van der Waals surface area contributed by atoms with E-state index in [-0.39, 0.29) is 23.1 Å². The molecule has 4 atom stereocenters. The molecule has 4 heteroatoms. The fraction of sp³-hybridized carbons (Fsp3) is 0.733. The molecule has 1 fully saturated rings. The zero-order valence-electron chi connectivity index (χ0n) is 12.3. The average Bonchev–Trinajstić information content (AvgIpc) is 2.92. The molecule has 2 bridgehead atoms. The molecule has 0 radical (unpaired) electrons. The van der Waals surface area contributed by atoms with Crippen molar-refractivity contribution in [1.82, 2.24) is 10.2 Å². The van der Waals surface area contributed by atoms with E-state index >= 15 is 0 Å². The number of carbonyl (C=O) groups is 2. The third-order valence-electron chi connectivity index (χ3n) is 4.96. The van der Waals surface area contributed by atoms with Gasteiger partial charge in [-0.2, -0.15) is 0 Å². The maximum absolute atomic E-state index is 12.3. The van der Waals surface area contributed by atoms with Gasteiger partial charge in [0.1, 0.15) is 0 Å². The molecule has 1 saturated carbocycles. The SMILES string of the molecule is CNC(=O)C(CC(=O)N(C)C)C12C=CC(CC1C)C2. The fourth-order valence-electron chi connectivity index (χ4n) is 3.77. The van der Waals surface area contributed by atoms with Gasteiger partial charge in [-0.05, 0) is 24.7 Å². The summed E-state index contributed by atoms with van der Waals surface area (Å²) in [6, 6.07) is 0. The molecule has 2 aliphatic rings. The van der Waals surface area contributed by atoms with Crippen molar-refractivity contribution in [2.24, 2.45) is 23.2 Å². The number of amides is 2. The van der Waals surface area contributed by atoms with Crippen LogP contribution in [0.3, 0.4) is 0 Å². The molecular weight excluding hydrogens is 240 g/mol. The average molecular weight is 264 g/mol. The summed E-state index contributed by atoms with van der Waals surface area (Å²) in [5, 5.41) is 2.74. The summed E-state index contributed by atoms with van der Waals surface area (Å²) in [6.45, 7) is 2.21. The lowest BCUT2D eigenvalue weighted by molar-refractivity contribution is -0.137. The Balaban J connectivity index is 2.26. The lowest BCUT2D eigenvalue weighted by atomic mass is 9.67. The third kappa shape index (κ3) is 2.28. The smallest absolute Gasteiger partial charge is 0.224 e. The molecule has 4 nitrogen and oxygen atoms in total. The normalized spacial score (nSPS) is 33.3. The summed E-state index contributed by atoms with van der Waals surface area (Å²) >= 11 is 0. The van der Waals surface area contributed by atoms with Gasteiger partial charge >= 0.3 is 0 Å². The maximum atomic E-state index is 12.3. The van der Waals surface area contributed by atoms with Gasteiger partial charge in [-0.1, -0.05) is 19.1 Å². The van der Waals surface area contributed by atoms with Gasteiger partial charge in [0.15, 0.2) is 0 Å². The van der Waals surface area contributed by atoms with E-state index in [4.69, 9.17) is 0 Å². The summed E-state index contributed by atoms with van der Waals surface area (Å²) in [5.74, 6) is 0.843. The molecule has 2 amide bonds. The van der Waals surface area contributed by atoms with Crippen LogP contribution in [0.5, 0.6) is 0 Å². The van der Waals surface area contributed by atoms with Crippen LogP contribution in [0, 0.1) is 23.2 Å². The first-order chi connectivity index (χ1) is 8.90. The van der Waals surface area contributed by atoms with Crippen LogP contribution in [0.4, 0.5) is 0 Å². The minimum atomic E-state index is -0.244. The second kappa shape index (κ2) is 4.99. The van der Waals surface area contributed by atoms with Gasteiger partial charge in [0.05, 0.1) is 5.92 Å². The molecule has 0 saturated heterocycles. The largest absolute Gasteiger partial charge is 0.359 e. The van der Waals surface area contributed by atoms with E-state index in [9.17, 15) is 9.59 Å². The van der Waals surface area contributed by atoms with E-state index in [1.165, 1.54) is 0 Å². The molecule has 0 aromatic carbocycles. The van der Waals surface area contributed by atoms with Crippen molar-refractivity contribution in [3.05, 3.63) is 12.2 Å². The van der Waals surface area contributed by atoms with E-state index < -0.39 is 0 Å². The van der Waals surface area contributed by atoms with Crippen LogP contribution in [0.1, 0.15) is 26.2 Å². The van der Waals surface area contributed by atoms with Crippen LogP contribution in [0.25, 0.3) is 0 Å². The van der Waals surface area contributed by atoms with Gasteiger partial charge in [-0.3, -0.25) is 9.59 Å². The molecule has 19 heavy (non-hydrogen) atoms. The molecule has 0 aliphatic heterocycles. The Bertz CT molecular complexity index is 416. The number of carbonyl (C=O) groups excluding carboxylic acids is 2. The van der Waals surface area contributed by atoms with Crippen LogP contribution in [0.15, 0.2) is 12.2 Å².